The quantitative estimate of drug-likeness (QED) is 0.731. The maximum Gasteiger partial charge on any atom is 0.256 e. The number of rotatable bonds is 9. The van der Waals surface area contributed by atoms with E-state index in [0.717, 1.165) is 19.3 Å². The molecule has 1 N–H and O–H groups in total. The fourth-order valence-electron chi connectivity index (χ4n) is 2.65. The number of carbonyl (C=O) groups excluding carboxylic acids is 1. The van der Waals surface area contributed by atoms with Crippen molar-refractivity contribution in [3.63, 3.8) is 0 Å². The maximum atomic E-state index is 12.8. The van der Waals surface area contributed by atoms with Gasteiger partial charge in [-0.25, -0.2) is 0 Å². The molecule has 0 aromatic heterocycles. The summed E-state index contributed by atoms with van der Waals surface area (Å²) in [6.45, 7) is 9.10. The summed E-state index contributed by atoms with van der Waals surface area (Å²) in [6, 6.07) is 7.29. The van der Waals surface area contributed by atoms with Gasteiger partial charge in [0.05, 0.1) is 12.2 Å². The fraction of sp³-hybridized carbons (Fsp3) is 0.600. The third-order valence-electron chi connectivity index (χ3n) is 4.34. The van der Waals surface area contributed by atoms with Crippen molar-refractivity contribution in [2.75, 3.05) is 18.5 Å². The number of carbonyl (C=O) groups is 1. The van der Waals surface area contributed by atoms with E-state index >= 15 is 0 Å². The summed E-state index contributed by atoms with van der Waals surface area (Å²) >= 11 is 0. The number of hydrogen-bond donors (Lipinski definition) is 1. The van der Waals surface area contributed by atoms with Gasteiger partial charge in [-0.1, -0.05) is 20.8 Å². The average Bonchev–Trinajstić information content (AvgIpc) is 3.43. The van der Waals surface area contributed by atoms with Gasteiger partial charge in [0.1, 0.15) is 17.4 Å². The van der Waals surface area contributed by atoms with Crippen LogP contribution in [0.4, 0.5) is 5.69 Å². The van der Waals surface area contributed by atoms with Crippen LogP contribution in [0, 0.1) is 23.2 Å². The molecule has 0 saturated heterocycles. The number of benzene rings is 1. The van der Waals surface area contributed by atoms with Crippen molar-refractivity contribution in [2.24, 2.45) is 11.8 Å². The topological polar surface area (TPSA) is 71.3 Å². The molecule has 5 nitrogen and oxygen atoms in total. The predicted octanol–water partition coefficient (Wildman–Crippen LogP) is 4.13. The highest BCUT2D eigenvalue weighted by Crippen LogP contribution is 2.42. The van der Waals surface area contributed by atoms with Crippen LogP contribution in [0.3, 0.4) is 0 Å². The van der Waals surface area contributed by atoms with Crippen LogP contribution >= 0.6 is 0 Å². The Kier molecular flexibility index (Phi) is 6.44. The molecular formula is C20H28N2O3. The number of ether oxygens (including phenoxy) is 2. The highest BCUT2D eigenvalue weighted by atomic mass is 16.5. The zero-order chi connectivity index (χ0) is 18.4. The molecule has 5 heteroatoms. The minimum atomic E-state index is -0.810. The lowest BCUT2D eigenvalue weighted by Gasteiger charge is -2.28. The van der Waals surface area contributed by atoms with Crippen LogP contribution in [0.5, 0.6) is 5.75 Å². The van der Waals surface area contributed by atoms with Crippen molar-refractivity contribution >= 4 is 11.6 Å². The average molecular weight is 344 g/mol. The molecule has 136 valence electrons. The normalized spacial score (nSPS) is 16.2. The van der Waals surface area contributed by atoms with Gasteiger partial charge in [-0.15, -0.1) is 0 Å². The number of hydrogen-bond acceptors (Lipinski definition) is 4. The largest absolute Gasteiger partial charge is 0.492 e. The highest BCUT2D eigenvalue weighted by Gasteiger charge is 2.48. The lowest BCUT2D eigenvalue weighted by atomic mass is 9.98. The minimum absolute atomic E-state index is 0.150. The van der Waals surface area contributed by atoms with E-state index in [1.807, 2.05) is 13.8 Å². The van der Waals surface area contributed by atoms with E-state index in [9.17, 15) is 10.1 Å². The molecule has 0 unspecified atom stereocenters. The summed E-state index contributed by atoms with van der Waals surface area (Å²) in [5.74, 6) is 1.04. The molecule has 0 heterocycles. The van der Waals surface area contributed by atoms with E-state index in [0.29, 0.717) is 36.1 Å². The van der Waals surface area contributed by atoms with Gasteiger partial charge in [0.25, 0.3) is 5.91 Å². The molecule has 1 aromatic carbocycles. The highest BCUT2D eigenvalue weighted by molar-refractivity contribution is 5.97. The molecule has 0 spiro atoms. The maximum absolute atomic E-state index is 12.8. The van der Waals surface area contributed by atoms with Crippen LogP contribution in [-0.4, -0.2) is 24.7 Å². The predicted molar refractivity (Wildman–Crippen MR) is 97.5 cm³/mol. The Morgan fingerprint density at radius 2 is 2.16 bits per heavy atom. The van der Waals surface area contributed by atoms with Gasteiger partial charge < -0.3 is 14.8 Å². The van der Waals surface area contributed by atoms with E-state index in [1.165, 1.54) is 0 Å². The molecule has 1 saturated carbocycles. The van der Waals surface area contributed by atoms with Gasteiger partial charge >= 0.3 is 0 Å². The van der Waals surface area contributed by atoms with Crippen LogP contribution < -0.4 is 10.1 Å². The van der Waals surface area contributed by atoms with E-state index in [4.69, 9.17) is 9.47 Å². The molecule has 0 bridgehead atoms. The summed E-state index contributed by atoms with van der Waals surface area (Å²) in [5.41, 5.74) is 0.196. The van der Waals surface area contributed by atoms with Gasteiger partial charge in [-0.2, -0.15) is 5.26 Å². The molecule has 1 fully saturated rings. The van der Waals surface area contributed by atoms with Crippen LogP contribution in [-0.2, 0) is 9.53 Å². The fourth-order valence-corrected chi connectivity index (χ4v) is 2.65. The smallest absolute Gasteiger partial charge is 0.256 e. The summed E-state index contributed by atoms with van der Waals surface area (Å²) in [4.78, 5) is 12.8. The minimum Gasteiger partial charge on any atom is -0.492 e. The molecule has 1 aliphatic carbocycles. The molecule has 2 rings (SSSR count). The summed E-state index contributed by atoms with van der Waals surface area (Å²) in [5, 5.41) is 12.3. The molecule has 1 atom stereocenters. The van der Waals surface area contributed by atoms with Crippen LogP contribution in [0.2, 0.25) is 0 Å². The van der Waals surface area contributed by atoms with Crippen LogP contribution in [0.25, 0.3) is 0 Å². The van der Waals surface area contributed by atoms with Crippen molar-refractivity contribution in [1.82, 2.24) is 0 Å². The number of nitriles is 1. The lowest BCUT2D eigenvalue weighted by Crippen LogP contribution is -2.45. The van der Waals surface area contributed by atoms with E-state index in [2.05, 4.69) is 25.2 Å². The zero-order valence-electron chi connectivity index (χ0n) is 15.6. The van der Waals surface area contributed by atoms with Gasteiger partial charge in [-0.3, -0.25) is 4.79 Å². The van der Waals surface area contributed by atoms with Gasteiger partial charge in [0.15, 0.2) is 0 Å². The Labute approximate surface area is 150 Å². The zero-order valence-corrected chi connectivity index (χ0v) is 15.6. The second-order valence-corrected chi connectivity index (χ2v) is 7.21. The van der Waals surface area contributed by atoms with Crippen molar-refractivity contribution < 1.29 is 14.3 Å². The van der Waals surface area contributed by atoms with Gasteiger partial charge in [0, 0.05) is 12.3 Å². The Morgan fingerprint density at radius 3 is 2.72 bits per heavy atom. The van der Waals surface area contributed by atoms with Gasteiger partial charge in [0.2, 0.25) is 0 Å². The molecule has 1 aromatic rings. The molecule has 0 aliphatic heterocycles. The molecule has 0 radical (unpaired) electrons. The second-order valence-electron chi connectivity index (χ2n) is 7.21. The standard InChI is InChI=1S/C20H28N2O3/c1-5-10-25-20(4,16-6-7-16)19(23)22-17-8-9-18(15(11-17)12-21)24-13-14(2)3/h8-9,11,14,16H,5-7,10,13H2,1-4H3,(H,22,23)/t20-/m0/s1. The van der Waals surface area contributed by atoms with E-state index < -0.39 is 5.60 Å². The first-order chi connectivity index (χ1) is 11.9. The van der Waals surface area contributed by atoms with Crippen LogP contribution in [0.15, 0.2) is 18.2 Å². The first-order valence-electron chi connectivity index (χ1n) is 9.03. The van der Waals surface area contributed by atoms with Gasteiger partial charge in [-0.05, 0) is 56.2 Å². The number of amides is 1. The third kappa shape index (κ3) is 4.96. The third-order valence-corrected chi connectivity index (χ3v) is 4.34. The first kappa shape index (κ1) is 19.3. The van der Waals surface area contributed by atoms with E-state index in [-0.39, 0.29) is 11.8 Å². The Morgan fingerprint density at radius 1 is 1.44 bits per heavy atom. The molecular weight excluding hydrogens is 316 g/mol. The Balaban J connectivity index is 2.10. The summed E-state index contributed by atoms with van der Waals surface area (Å²) in [7, 11) is 0. The molecule has 1 amide bonds. The SMILES string of the molecule is CCCO[C@](C)(C(=O)Nc1ccc(OCC(C)C)c(C#N)c1)C1CC1. The van der Waals surface area contributed by atoms with E-state index in [1.54, 1.807) is 18.2 Å². The van der Waals surface area contributed by atoms with Crippen LogP contribution in [0.1, 0.15) is 52.5 Å². The Bertz CT molecular complexity index is 647. The first-order valence-corrected chi connectivity index (χ1v) is 9.03. The second kappa shape index (κ2) is 8.35. The number of nitrogens with one attached hydrogen (secondary N) is 1. The van der Waals surface area contributed by atoms with Crippen molar-refractivity contribution in [2.45, 2.75) is 52.6 Å². The van der Waals surface area contributed by atoms with Crippen molar-refractivity contribution in [1.29, 1.82) is 5.26 Å². The molecule has 1 aliphatic rings. The summed E-state index contributed by atoms with van der Waals surface area (Å²) < 4.78 is 11.5. The monoisotopic (exact) mass is 344 g/mol. The van der Waals surface area contributed by atoms with Crippen molar-refractivity contribution in [3.05, 3.63) is 23.8 Å². The number of anilines is 1. The van der Waals surface area contributed by atoms with Crippen molar-refractivity contribution in [3.8, 4) is 11.8 Å². The Hall–Kier alpha value is -2.06. The molecule has 25 heavy (non-hydrogen) atoms. The number of nitrogens with zero attached hydrogens (tertiary/aromatic N) is 1. The lowest BCUT2D eigenvalue weighted by molar-refractivity contribution is -0.142. The summed E-state index contributed by atoms with van der Waals surface area (Å²) in [6.07, 6.45) is 2.90.